The Balaban J connectivity index is 2.23. The largest absolute Gasteiger partial charge is 0.445 e. The number of hydrogen-bond acceptors (Lipinski definition) is 4. The second-order valence-corrected chi connectivity index (χ2v) is 4.60. The third kappa shape index (κ3) is 6.74. The molecule has 0 unspecified atom stereocenters. The third-order valence-corrected chi connectivity index (χ3v) is 2.73. The predicted molar refractivity (Wildman–Crippen MR) is 80.9 cm³/mol. The quantitative estimate of drug-likeness (QED) is 0.685. The van der Waals surface area contributed by atoms with Crippen LogP contribution in [0, 0.1) is 0 Å². The average Bonchev–Trinajstić information content (AvgIpc) is 2.52. The van der Waals surface area contributed by atoms with Crippen molar-refractivity contribution in [2.24, 2.45) is 0 Å². The molecule has 0 aromatic heterocycles. The summed E-state index contributed by atoms with van der Waals surface area (Å²) in [5, 5.41) is 7.38. The zero-order valence-corrected chi connectivity index (χ0v) is 12.7. The summed E-state index contributed by atoms with van der Waals surface area (Å²) >= 11 is 0. The fourth-order valence-corrected chi connectivity index (χ4v) is 1.61. The normalized spacial score (nSPS) is 11.2. The summed E-state index contributed by atoms with van der Waals surface area (Å²) in [6.45, 7) is 3.72. The van der Waals surface area contributed by atoms with Gasteiger partial charge in [-0.15, -0.1) is 0 Å². The molecule has 0 heterocycles. The van der Waals surface area contributed by atoms with Gasteiger partial charge in [-0.05, 0) is 19.4 Å². The second-order valence-electron chi connectivity index (χ2n) is 4.60. The lowest BCUT2D eigenvalue weighted by Crippen LogP contribution is -2.47. The van der Waals surface area contributed by atoms with E-state index in [0.29, 0.717) is 6.54 Å². The van der Waals surface area contributed by atoms with Gasteiger partial charge in [0.1, 0.15) is 19.2 Å². The topological polar surface area (TPSA) is 96.5 Å². The molecule has 3 amide bonds. The molecule has 1 aromatic rings. The molecule has 0 spiro atoms. The van der Waals surface area contributed by atoms with E-state index in [1.54, 1.807) is 13.8 Å². The summed E-state index contributed by atoms with van der Waals surface area (Å²) in [5.41, 5.74) is 0.854. The fourth-order valence-electron chi connectivity index (χ4n) is 1.61. The Bertz CT molecular complexity index is 505. The number of ether oxygens (including phenoxy) is 1. The minimum Gasteiger partial charge on any atom is -0.445 e. The number of carbonyl (C=O) groups is 3. The molecule has 0 saturated heterocycles. The molecule has 1 aromatic carbocycles. The number of likely N-dealkylation sites (N-methyl/N-ethyl adjacent to an activating group) is 1. The van der Waals surface area contributed by atoms with Gasteiger partial charge in [-0.2, -0.15) is 0 Å². The molecule has 0 aliphatic heterocycles. The Kier molecular flexibility index (Phi) is 7.45. The molecule has 120 valence electrons. The van der Waals surface area contributed by atoms with E-state index < -0.39 is 18.0 Å². The maximum atomic E-state index is 11.6. The minimum atomic E-state index is -0.690. The van der Waals surface area contributed by atoms with Crippen LogP contribution in [0.4, 0.5) is 4.79 Å². The summed E-state index contributed by atoms with van der Waals surface area (Å²) in [6.07, 6.45) is -0.690. The Morgan fingerprint density at radius 3 is 2.45 bits per heavy atom. The number of amides is 3. The Morgan fingerprint density at radius 1 is 1.14 bits per heavy atom. The molecule has 0 aliphatic rings. The first-order chi connectivity index (χ1) is 10.5. The predicted octanol–water partition coefficient (Wildman–Crippen LogP) is 0.554. The van der Waals surface area contributed by atoms with Crippen molar-refractivity contribution in [1.82, 2.24) is 16.0 Å². The van der Waals surface area contributed by atoms with E-state index in [-0.39, 0.29) is 19.1 Å². The number of alkyl carbamates (subject to hydrolysis) is 1. The van der Waals surface area contributed by atoms with Crippen molar-refractivity contribution in [1.29, 1.82) is 0 Å². The van der Waals surface area contributed by atoms with E-state index in [9.17, 15) is 14.4 Å². The zero-order valence-electron chi connectivity index (χ0n) is 12.7. The van der Waals surface area contributed by atoms with Gasteiger partial charge >= 0.3 is 6.09 Å². The molecule has 7 nitrogen and oxygen atoms in total. The van der Waals surface area contributed by atoms with E-state index in [4.69, 9.17) is 4.74 Å². The van der Waals surface area contributed by atoms with Crippen molar-refractivity contribution in [2.75, 3.05) is 13.1 Å². The summed E-state index contributed by atoms with van der Waals surface area (Å²) in [7, 11) is 0. The average molecular weight is 307 g/mol. The molecule has 1 rings (SSSR count). The van der Waals surface area contributed by atoms with Crippen LogP contribution >= 0.6 is 0 Å². The highest BCUT2D eigenvalue weighted by Crippen LogP contribution is 2.00. The standard InChI is InChI=1S/C15H21N3O4/c1-3-16-14(20)11(2)18-13(19)9-17-15(21)22-10-12-7-5-4-6-8-12/h4-8,11H,3,9-10H2,1-2H3,(H,16,20)(H,17,21)(H,18,19)/t11-/m1/s1. The number of hydrogen-bond donors (Lipinski definition) is 3. The molecule has 1 atom stereocenters. The summed E-state index contributed by atoms with van der Waals surface area (Å²) in [4.78, 5) is 34.5. The lowest BCUT2D eigenvalue weighted by Gasteiger charge is -2.13. The van der Waals surface area contributed by atoms with Crippen molar-refractivity contribution in [3.8, 4) is 0 Å². The number of carbonyl (C=O) groups excluding carboxylic acids is 3. The van der Waals surface area contributed by atoms with Crippen molar-refractivity contribution >= 4 is 17.9 Å². The van der Waals surface area contributed by atoms with E-state index in [0.717, 1.165) is 5.56 Å². The highest BCUT2D eigenvalue weighted by Gasteiger charge is 2.15. The highest BCUT2D eigenvalue weighted by atomic mass is 16.5. The van der Waals surface area contributed by atoms with Crippen LogP contribution in [0.25, 0.3) is 0 Å². The number of benzene rings is 1. The van der Waals surface area contributed by atoms with Gasteiger partial charge in [0.2, 0.25) is 11.8 Å². The molecule has 0 aliphatic carbocycles. The van der Waals surface area contributed by atoms with Crippen molar-refractivity contribution in [3.05, 3.63) is 35.9 Å². The van der Waals surface area contributed by atoms with Crippen molar-refractivity contribution in [2.45, 2.75) is 26.5 Å². The van der Waals surface area contributed by atoms with Gasteiger partial charge < -0.3 is 20.7 Å². The maximum absolute atomic E-state index is 11.6. The number of rotatable bonds is 7. The van der Waals surface area contributed by atoms with Crippen LogP contribution in [0.1, 0.15) is 19.4 Å². The van der Waals surface area contributed by atoms with Crippen LogP contribution in [0.2, 0.25) is 0 Å². The lowest BCUT2D eigenvalue weighted by atomic mass is 10.2. The van der Waals surface area contributed by atoms with Gasteiger partial charge in [-0.1, -0.05) is 30.3 Å². The smallest absolute Gasteiger partial charge is 0.407 e. The monoisotopic (exact) mass is 307 g/mol. The summed E-state index contributed by atoms with van der Waals surface area (Å²) in [5.74, 6) is -0.738. The third-order valence-electron chi connectivity index (χ3n) is 2.73. The summed E-state index contributed by atoms with van der Waals surface area (Å²) in [6, 6.07) is 8.54. The zero-order chi connectivity index (χ0) is 16.4. The van der Waals surface area contributed by atoms with Crippen LogP contribution < -0.4 is 16.0 Å². The molecule has 0 saturated carbocycles. The molecule has 0 bridgehead atoms. The first-order valence-corrected chi connectivity index (χ1v) is 7.04. The molecule has 3 N–H and O–H groups in total. The van der Waals surface area contributed by atoms with E-state index >= 15 is 0 Å². The van der Waals surface area contributed by atoms with Crippen LogP contribution in [-0.4, -0.2) is 37.0 Å². The maximum Gasteiger partial charge on any atom is 0.407 e. The van der Waals surface area contributed by atoms with E-state index in [2.05, 4.69) is 16.0 Å². The minimum absolute atomic E-state index is 0.129. The Morgan fingerprint density at radius 2 is 1.82 bits per heavy atom. The van der Waals surface area contributed by atoms with Gasteiger partial charge in [-0.25, -0.2) is 4.79 Å². The SMILES string of the molecule is CCNC(=O)[C@@H](C)NC(=O)CNC(=O)OCc1ccccc1. The first-order valence-electron chi connectivity index (χ1n) is 7.04. The number of nitrogens with one attached hydrogen (secondary N) is 3. The first kappa shape index (κ1) is 17.5. The molecular weight excluding hydrogens is 286 g/mol. The Hall–Kier alpha value is -2.57. The van der Waals surface area contributed by atoms with Gasteiger partial charge in [-0.3, -0.25) is 9.59 Å². The molecule has 22 heavy (non-hydrogen) atoms. The van der Waals surface area contributed by atoms with Gasteiger partial charge in [0, 0.05) is 6.54 Å². The molecular formula is C15H21N3O4. The van der Waals surface area contributed by atoms with E-state index in [1.165, 1.54) is 0 Å². The van der Waals surface area contributed by atoms with Gasteiger partial charge in [0.25, 0.3) is 0 Å². The van der Waals surface area contributed by atoms with Crippen LogP contribution in [0.15, 0.2) is 30.3 Å². The highest BCUT2D eigenvalue weighted by molar-refractivity contribution is 5.89. The lowest BCUT2D eigenvalue weighted by molar-refractivity contribution is -0.128. The van der Waals surface area contributed by atoms with Gasteiger partial charge in [0.15, 0.2) is 0 Å². The van der Waals surface area contributed by atoms with Crippen LogP contribution in [-0.2, 0) is 20.9 Å². The van der Waals surface area contributed by atoms with Gasteiger partial charge in [0.05, 0.1) is 0 Å². The van der Waals surface area contributed by atoms with E-state index in [1.807, 2.05) is 30.3 Å². The second kappa shape index (κ2) is 9.38. The summed E-state index contributed by atoms with van der Waals surface area (Å²) < 4.78 is 4.96. The molecule has 0 radical (unpaired) electrons. The van der Waals surface area contributed by atoms with Crippen LogP contribution in [0.5, 0.6) is 0 Å². The fraction of sp³-hybridized carbons (Fsp3) is 0.400. The van der Waals surface area contributed by atoms with Crippen molar-refractivity contribution < 1.29 is 19.1 Å². The molecule has 0 fully saturated rings. The van der Waals surface area contributed by atoms with Crippen molar-refractivity contribution in [3.63, 3.8) is 0 Å². The van der Waals surface area contributed by atoms with Crippen LogP contribution in [0.3, 0.4) is 0 Å². The molecule has 7 heteroatoms. The Labute approximate surface area is 129 Å².